The molecule has 9 nitrogen and oxygen atoms in total. The van der Waals surface area contributed by atoms with E-state index in [-0.39, 0.29) is 40.9 Å². The molecule has 37 heavy (non-hydrogen) atoms. The molecule has 0 bridgehead atoms. The minimum Gasteiger partial charge on any atom is -0.511 e. The van der Waals surface area contributed by atoms with Crippen molar-refractivity contribution in [3.8, 4) is 16.9 Å². The number of aromatic hydroxyl groups is 1. The number of hydrogen-bond acceptors (Lipinski definition) is 7. The lowest BCUT2D eigenvalue weighted by atomic mass is 9.61. The first-order valence-corrected chi connectivity index (χ1v) is 12.2. The lowest BCUT2D eigenvalue weighted by molar-refractivity contribution is -0.127. The number of nitrogens with one attached hydrogen (secondary N) is 1. The summed E-state index contributed by atoms with van der Waals surface area (Å²) in [6.45, 7) is 0. The van der Waals surface area contributed by atoms with Gasteiger partial charge < -0.3 is 26.4 Å². The van der Waals surface area contributed by atoms with Crippen LogP contribution in [-0.4, -0.2) is 44.6 Å². The average molecular weight is 523 g/mol. The van der Waals surface area contributed by atoms with Gasteiger partial charge in [0.2, 0.25) is 5.91 Å². The van der Waals surface area contributed by atoms with E-state index >= 15 is 0 Å². The van der Waals surface area contributed by atoms with Crippen LogP contribution < -0.4 is 11.1 Å². The van der Waals surface area contributed by atoms with Crippen molar-refractivity contribution in [1.29, 1.82) is 0 Å². The number of nitrogens with two attached hydrogens (primary N) is 1. The number of hydrogen-bond donors (Lipinski definition) is 5. The zero-order valence-corrected chi connectivity index (χ0v) is 20.2. The standard InChI is InChI=1S/C27H23ClN2O7/c28-10-19(33)30-14-3-1-11(2-4-14)15-5-6-17(31)22-16(15)8-12-7-13-9-18(32)23(27(29)37)26(36)21(13)24(34)20(12)25(22)35/h1-6,12-13,21,31,35-36H,7-10H2,(H2,29,37)(H,30,33)/t12-,13+,21?/m1/s1. The van der Waals surface area contributed by atoms with Crippen molar-refractivity contribution in [2.45, 2.75) is 19.3 Å². The molecule has 2 aromatic carbocycles. The Bertz CT molecular complexity index is 1440. The number of halogens is 1. The lowest BCUT2D eigenvalue weighted by Crippen LogP contribution is -2.44. The topological polar surface area (TPSA) is 167 Å². The quantitative estimate of drug-likeness (QED) is 0.303. The Balaban J connectivity index is 1.58. The molecule has 1 fully saturated rings. The molecule has 1 unspecified atom stereocenters. The molecule has 3 aliphatic carbocycles. The molecule has 10 heteroatoms. The number of amides is 2. The summed E-state index contributed by atoms with van der Waals surface area (Å²) in [4.78, 5) is 49.3. The summed E-state index contributed by atoms with van der Waals surface area (Å²) in [6.07, 6.45) is 0.508. The highest BCUT2D eigenvalue weighted by molar-refractivity contribution is 6.29. The summed E-state index contributed by atoms with van der Waals surface area (Å²) in [5.41, 5.74) is 7.55. The van der Waals surface area contributed by atoms with Gasteiger partial charge in [-0.15, -0.1) is 11.6 Å². The number of carbonyl (C=O) groups excluding carboxylic acids is 4. The highest BCUT2D eigenvalue weighted by Gasteiger charge is 2.50. The van der Waals surface area contributed by atoms with Gasteiger partial charge in [0.25, 0.3) is 5.91 Å². The van der Waals surface area contributed by atoms with Crippen LogP contribution in [0.25, 0.3) is 16.9 Å². The number of carbonyl (C=O) groups is 4. The predicted octanol–water partition coefficient (Wildman–Crippen LogP) is 3.15. The van der Waals surface area contributed by atoms with Crippen LogP contribution in [0.15, 0.2) is 53.3 Å². The summed E-state index contributed by atoms with van der Waals surface area (Å²) in [7, 11) is 0. The number of benzene rings is 2. The third-order valence-electron chi connectivity index (χ3n) is 7.37. The molecule has 190 valence electrons. The van der Waals surface area contributed by atoms with Crippen LogP contribution in [0.3, 0.4) is 0 Å². The van der Waals surface area contributed by atoms with Crippen molar-refractivity contribution in [2.75, 3.05) is 11.2 Å². The van der Waals surface area contributed by atoms with Gasteiger partial charge in [-0.25, -0.2) is 0 Å². The Morgan fingerprint density at radius 1 is 1.03 bits per heavy atom. The first-order chi connectivity index (χ1) is 17.6. The van der Waals surface area contributed by atoms with Gasteiger partial charge in [0.05, 0.1) is 11.5 Å². The van der Waals surface area contributed by atoms with Crippen LogP contribution in [0.1, 0.15) is 24.0 Å². The number of Topliss-reactive ketones (excluding diaryl/α,β-unsaturated/α-hetero) is 2. The first kappa shape index (κ1) is 24.6. The molecule has 0 spiro atoms. The normalized spacial score (nSPS) is 22.8. The SMILES string of the molecule is NC(=O)C1=C(O)C2C(=O)C3=C(O)c4c(O)ccc(-c5ccc(NC(=O)CCl)cc5)c4C[C@H]3C[C@H]2CC1=O. The molecule has 5 rings (SSSR count). The number of aliphatic hydroxyl groups is 2. The fraction of sp³-hybridized carbons (Fsp3) is 0.259. The largest absolute Gasteiger partial charge is 0.511 e. The molecular weight excluding hydrogens is 500 g/mol. The molecule has 1 saturated carbocycles. The molecule has 0 heterocycles. The van der Waals surface area contributed by atoms with E-state index in [1.807, 2.05) is 0 Å². The predicted molar refractivity (Wildman–Crippen MR) is 135 cm³/mol. The van der Waals surface area contributed by atoms with Crippen molar-refractivity contribution in [1.82, 2.24) is 0 Å². The highest BCUT2D eigenvalue weighted by Crippen LogP contribution is 2.51. The zero-order chi connectivity index (χ0) is 26.6. The van der Waals surface area contributed by atoms with Crippen LogP contribution in [-0.2, 0) is 25.6 Å². The van der Waals surface area contributed by atoms with Gasteiger partial charge in [-0.05, 0) is 59.6 Å². The van der Waals surface area contributed by atoms with Gasteiger partial charge >= 0.3 is 0 Å². The molecular formula is C27H23ClN2O7. The molecule has 0 aliphatic heterocycles. The van der Waals surface area contributed by atoms with Gasteiger partial charge in [-0.1, -0.05) is 18.2 Å². The van der Waals surface area contributed by atoms with Crippen LogP contribution in [0.5, 0.6) is 5.75 Å². The second-order valence-corrected chi connectivity index (χ2v) is 9.77. The van der Waals surface area contributed by atoms with Crippen molar-refractivity contribution in [2.24, 2.45) is 23.5 Å². The van der Waals surface area contributed by atoms with E-state index < -0.39 is 46.6 Å². The van der Waals surface area contributed by atoms with Gasteiger partial charge in [-0.3, -0.25) is 19.2 Å². The summed E-state index contributed by atoms with van der Waals surface area (Å²) < 4.78 is 0. The number of anilines is 1. The average Bonchev–Trinajstić information content (AvgIpc) is 2.84. The van der Waals surface area contributed by atoms with Crippen LogP contribution in [0.4, 0.5) is 5.69 Å². The van der Waals surface area contributed by atoms with Crippen LogP contribution in [0, 0.1) is 17.8 Å². The smallest absolute Gasteiger partial charge is 0.255 e. The molecule has 0 aromatic heterocycles. The maximum atomic E-state index is 13.5. The molecule has 0 radical (unpaired) electrons. The summed E-state index contributed by atoms with van der Waals surface area (Å²) in [5, 5.41) is 35.2. The molecule has 2 aromatic rings. The van der Waals surface area contributed by atoms with E-state index in [0.717, 1.165) is 11.1 Å². The number of rotatable bonds is 4. The number of fused-ring (bicyclic) bond motifs is 3. The maximum Gasteiger partial charge on any atom is 0.255 e. The van der Waals surface area contributed by atoms with Crippen molar-refractivity contribution in [3.63, 3.8) is 0 Å². The molecule has 6 N–H and O–H groups in total. The second kappa shape index (κ2) is 9.08. The Hall–Kier alpha value is -4.11. The van der Waals surface area contributed by atoms with Gasteiger partial charge in [0.1, 0.15) is 28.7 Å². The minimum atomic E-state index is -1.16. The van der Waals surface area contributed by atoms with Gasteiger partial charge in [0, 0.05) is 17.7 Å². The Morgan fingerprint density at radius 2 is 1.73 bits per heavy atom. The number of aliphatic hydroxyl groups excluding tert-OH is 2. The molecule has 0 saturated heterocycles. The van der Waals surface area contributed by atoms with Crippen molar-refractivity contribution >= 4 is 46.4 Å². The van der Waals surface area contributed by atoms with Crippen LogP contribution >= 0.6 is 11.6 Å². The Kier molecular flexibility index (Phi) is 6.03. The van der Waals surface area contributed by atoms with Crippen LogP contribution in [0.2, 0.25) is 0 Å². The van der Waals surface area contributed by atoms with E-state index in [4.69, 9.17) is 17.3 Å². The van der Waals surface area contributed by atoms with Gasteiger partial charge in [-0.2, -0.15) is 0 Å². The number of allylic oxidation sites excluding steroid dienone is 2. The monoisotopic (exact) mass is 522 g/mol. The second-order valence-electron chi connectivity index (χ2n) is 9.50. The highest BCUT2D eigenvalue weighted by atomic mass is 35.5. The van der Waals surface area contributed by atoms with E-state index in [9.17, 15) is 34.5 Å². The number of alkyl halides is 1. The first-order valence-electron chi connectivity index (χ1n) is 11.7. The summed E-state index contributed by atoms with van der Waals surface area (Å²) in [5.74, 6) is -6.21. The van der Waals surface area contributed by atoms with Gasteiger partial charge in [0.15, 0.2) is 11.6 Å². The Labute approximate surface area is 216 Å². The molecule has 3 aliphatic rings. The number of phenols is 1. The number of primary amides is 1. The van der Waals surface area contributed by atoms with Crippen molar-refractivity contribution in [3.05, 3.63) is 64.4 Å². The molecule has 3 atom stereocenters. The molecule has 2 amide bonds. The van der Waals surface area contributed by atoms with E-state index in [1.54, 1.807) is 30.3 Å². The van der Waals surface area contributed by atoms with Crippen molar-refractivity contribution < 1.29 is 34.5 Å². The third-order valence-corrected chi connectivity index (χ3v) is 7.62. The fourth-order valence-electron chi connectivity index (χ4n) is 5.84. The lowest BCUT2D eigenvalue weighted by Gasteiger charge is -2.41. The van der Waals surface area contributed by atoms with E-state index in [0.29, 0.717) is 24.1 Å². The fourth-order valence-corrected chi connectivity index (χ4v) is 5.91. The zero-order valence-electron chi connectivity index (χ0n) is 19.5. The van der Waals surface area contributed by atoms with E-state index in [2.05, 4.69) is 5.32 Å². The third kappa shape index (κ3) is 3.95. The maximum absolute atomic E-state index is 13.5. The summed E-state index contributed by atoms with van der Waals surface area (Å²) >= 11 is 5.54. The van der Waals surface area contributed by atoms with E-state index in [1.165, 1.54) is 6.07 Å². The summed E-state index contributed by atoms with van der Waals surface area (Å²) in [6, 6.07) is 10.1. The number of phenolic OH excluding ortho intramolecular Hbond substituents is 1. The minimum absolute atomic E-state index is 0.0602. The number of ketones is 2. The Morgan fingerprint density at radius 3 is 2.38 bits per heavy atom.